The van der Waals surface area contributed by atoms with Crippen LogP contribution in [0, 0.1) is 0 Å². The lowest BCUT2D eigenvalue weighted by atomic mass is 10.2. The number of carbonyl (C=O) groups excluding carboxylic acids is 1. The topological polar surface area (TPSA) is 77.9 Å². The van der Waals surface area contributed by atoms with Gasteiger partial charge in [0.15, 0.2) is 5.78 Å². The SMILES string of the molecule is O=C(/C=C/c1cccc(S(=O)(=O)N2CCN(C/C=C/c3ccccc3)CC2)c1)CO. The van der Waals surface area contributed by atoms with Crippen LogP contribution in [0.1, 0.15) is 11.1 Å². The van der Waals surface area contributed by atoms with Gasteiger partial charge in [0.05, 0.1) is 4.90 Å². The first-order valence-corrected chi connectivity index (χ1v) is 11.3. The number of rotatable bonds is 8. The Morgan fingerprint density at radius 1 is 0.933 bits per heavy atom. The Morgan fingerprint density at radius 3 is 2.33 bits per heavy atom. The molecule has 1 fully saturated rings. The molecule has 1 heterocycles. The Kier molecular flexibility index (Phi) is 7.70. The van der Waals surface area contributed by atoms with Gasteiger partial charge in [-0.05, 0) is 29.3 Å². The maximum absolute atomic E-state index is 13.0. The molecule has 0 atom stereocenters. The standard InChI is InChI=1S/C23H26N2O4S/c26-19-22(27)12-11-21-8-4-10-23(18-21)30(28,29)25-16-14-24(15-17-25)13-5-9-20-6-2-1-3-7-20/h1-12,18,26H,13-17,19H2/b9-5+,12-11+. The predicted molar refractivity (Wildman–Crippen MR) is 118 cm³/mol. The van der Waals surface area contributed by atoms with E-state index in [4.69, 9.17) is 5.11 Å². The van der Waals surface area contributed by atoms with Gasteiger partial charge >= 0.3 is 0 Å². The number of carbonyl (C=O) groups is 1. The summed E-state index contributed by atoms with van der Waals surface area (Å²) in [5.41, 5.74) is 1.75. The first-order valence-electron chi connectivity index (χ1n) is 9.85. The van der Waals surface area contributed by atoms with Crippen LogP contribution < -0.4 is 0 Å². The van der Waals surface area contributed by atoms with Crippen LogP contribution in [-0.2, 0) is 14.8 Å². The molecule has 0 spiro atoms. The van der Waals surface area contributed by atoms with Crippen molar-refractivity contribution in [2.45, 2.75) is 4.90 Å². The predicted octanol–water partition coefficient (Wildman–Crippen LogP) is 2.28. The lowest BCUT2D eigenvalue weighted by molar-refractivity contribution is -0.117. The molecule has 2 aromatic carbocycles. The molecule has 0 bridgehead atoms. The fourth-order valence-corrected chi connectivity index (χ4v) is 4.70. The number of sulfonamides is 1. The van der Waals surface area contributed by atoms with Crippen LogP contribution >= 0.6 is 0 Å². The average Bonchev–Trinajstić information content (AvgIpc) is 2.78. The molecular formula is C23H26N2O4S. The van der Waals surface area contributed by atoms with Gasteiger partial charge in [-0.25, -0.2) is 8.42 Å². The molecule has 0 saturated carbocycles. The minimum absolute atomic E-state index is 0.207. The molecule has 158 valence electrons. The quantitative estimate of drug-likeness (QED) is 0.656. The number of aliphatic hydroxyl groups is 1. The fourth-order valence-electron chi connectivity index (χ4n) is 3.22. The van der Waals surface area contributed by atoms with Crippen molar-refractivity contribution in [1.29, 1.82) is 0 Å². The lowest BCUT2D eigenvalue weighted by Crippen LogP contribution is -2.48. The Bertz CT molecular complexity index is 1010. The molecule has 0 aromatic heterocycles. The van der Waals surface area contributed by atoms with E-state index in [-0.39, 0.29) is 4.90 Å². The zero-order valence-electron chi connectivity index (χ0n) is 16.7. The monoisotopic (exact) mass is 426 g/mol. The van der Waals surface area contributed by atoms with E-state index in [9.17, 15) is 13.2 Å². The summed E-state index contributed by atoms with van der Waals surface area (Å²) in [5.74, 6) is -0.430. The van der Waals surface area contributed by atoms with Gasteiger partial charge in [-0.3, -0.25) is 9.69 Å². The third kappa shape index (κ3) is 5.96. The minimum atomic E-state index is -3.60. The molecule has 1 aliphatic rings. The van der Waals surface area contributed by atoms with Gasteiger partial charge in [-0.1, -0.05) is 60.7 Å². The maximum Gasteiger partial charge on any atom is 0.243 e. The molecule has 3 rings (SSSR count). The third-order valence-corrected chi connectivity index (χ3v) is 6.81. The molecule has 6 nitrogen and oxygen atoms in total. The van der Waals surface area contributed by atoms with Crippen molar-refractivity contribution < 1.29 is 18.3 Å². The molecule has 0 unspecified atom stereocenters. The van der Waals surface area contributed by atoms with E-state index in [1.54, 1.807) is 24.3 Å². The van der Waals surface area contributed by atoms with Crippen LogP contribution in [0.25, 0.3) is 12.2 Å². The summed E-state index contributed by atoms with van der Waals surface area (Å²) in [7, 11) is -3.60. The van der Waals surface area contributed by atoms with Gasteiger partial charge in [0.25, 0.3) is 0 Å². The number of hydrogen-bond donors (Lipinski definition) is 1. The number of benzene rings is 2. The third-order valence-electron chi connectivity index (χ3n) is 4.92. The molecule has 0 amide bonds. The molecule has 0 aliphatic carbocycles. The highest BCUT2D eigenvalue weighted by molar-refractivity contribution is 7.89. The minimum Gasteiger partial charge on any atom is -0.388 e. The van der Waals surface area contributed by atoms with Crippen LogP contribution in [0.3, 0.4) is 0 Å². The van der Waals surface area contributed by atoms with E-state index in [1.807, 2.05) is 30.3 Å². The summed E-state index contributed by atoms with van der Waals surface area (Å²) in [6.45, 7) is 2.42. The van der Waals surface area contributed by atoms with Crippen LogP contribution in [0.2, 0.25) is 0 Å². The molecule has 1 saturated heterocycles. The first-order chi connectivity index (χ1) is 14.5. The summed E-state index contributed by atoms with van der Waals surface area (Å²) >= 11 is 0. The van der Waals surface area contributed by atoms with Crippen molar-refractivity contribution in [3.63, 3.8) is 0 Å². The lowest BCUT2D eigenvalue weighted by Gasteiger charge is -2.33. The van der Waals surface area contributed by atoms with Gasteiger partial charge in [-0.15, -0.1) is 0 Å². The van der Waals surface area contributed by atoms with Crippen molar-refractivity contribution in [1.82, 2.24) is 9.21 Å². The summed E-state index contributed by atoms with van der Waals surface area (Å²) in [6, 6.07) is 16.6. The Balaban J connectivity index is 1.58. The van der Waals surface area contributed by atoms with Crippen LogP contribution in [0.5, 0.6) is 0 Å². The van der Waals surface area contributed by atoms with Gasteiger partial charge in [0.1, 0.15) is 6.61 Å². The second-order valence-corrected chi connectivity index (χ2v) is 8.99. The summed E-state index contributed by atoms with van der Waals surface area (Å²) in [6.07, 6.45) is 6.93. The highest BCUT2D eigenvalue weighted by Gasteiger charge is 2.28. The Morgan fingerprint density at radius 2 is 1.63 bits per heavy atom. The molecule has 0 radical (unpaired) electrons. The van der Waals surface area contributed by atoms with Crippen LogP contribution in [0.15, 0.2) is 71.6 Å². The smallest absolute Gasteiger partial charge is 0.243 e. The number of aliphatic hydroxyl groups excluding tert-OH is 1. The van der Waals surface area contributed by atoms with Gasteiger partial charge < -0.3 is 5.11 Å². The summed E-state index contributed by atoms with van der Waals surface area (Å²) in [5, 5.41) is 8.79. The van der Waals surface area contributed by atoms with Crippen molar-refractivity contribution in [3.8, 4) is 0 Å². The maximum atomic E-state index is 13.0. The average molecular weight is 427 g/mol. The van der Waals surface area contributed by atoms with E-state index in [2.05, 4.69) is 17.1 Å². The van der Waals surface area contributed by atoms with E-state index >= 15 is 0 Å². The second-order valence-electron chi connectivity index (χ2n) is 7.05. The van der Waals surface area contributed by atoms with E-state index in [0.29, 0.717) is 31.7 Å². The Labute approximate surface area is 177 Å². The van der Waals surface area contributed by atoms with Gasteiger partial charge in [0, 0.05) is 32.7 Å². The molecule has 1 N–H and O–H groups in total. The second kappa shape index (κ2) is 10.4. The van der Waals surface area contributed by atoms with Crippen molar-refractivity contribution in [3.05, 3.63) is 77.9 Å². The van der Waals surface area contributed by atoms with E-state index < -0.39 is 22.4 Å². The fraction of sp³-hybridized carbons (Fsp3) is 0.261. The highest BCUT2D eigenvalue weighted by atomic mass is 32.2. The van der Waals surface area contributed by atoms with Crippen LogP contribution in [0.4, 0.5) is 0 Å². The summed E-state index contributed by atoms with van der Waals surface area (Å²) < 4.78 is 27.5. The zero-order chi connectivity index (χ0) is 21.4. The van der Waals surface area contributed by atoms with Gasteiger partial charge in [-0.2, -0.15) is 4.31 Å². The Hall–Kier alpha value is -2.58. The normalized spacial score (nSPS) is 16.4. The number of ketones is 1. The van der Waals surface area contributed by atoms with Crippen molar-refractivity contribution >= 4 is 28.0 Å². The number of piperazine rings is 1. The number of hydrogen-bond acceptors (Lipinski definition) is 5. The van der Waals surface area contributed by atoms with Crippen molar-refractivity contribution in [2.24, 2.45) is 0 Å². The highest BCUT2D eigenvalue weighted by Crippen LogP contribution is 2.19. The first kappa shape index (κ1) is 22.1. The molecule has 30 heavy (non-hydrogen) atoms. The van der Waals surface area contributed by atoms with Gasteiger partial charge in [0.2, 0.25) is 10.0 Å². The van der Waals surface area contributed by atoms with Crippen molar-refractivity contribution in [2.75, 3.05) is 39.3 Å². The largest absolute Gasteiger partial charge is 0.388 e. The molecule has 2 aromatic rings. The molecule has 7 heteroatoms. The van der Waals surface area contributed by atoms with E-state index in [1.165, 1.54) is 16.5 Å². The zero-order valence-corrected chi connectivity index (χ0v) is 17.5. The number of nitrogens with zero attached hydrogens (tertiary/aromatic N) is 2. The summed E-state index contributed by atoms with van der Waals surface area (Å²) in [4.78, 5) is 13.7. The van der Waals surface area contributed by atoms with E-state index in [0.717, 1.165) is 12.1 Å². The molecule has 1 aliphatic heterocycles. The molecular weight excluding hydrogens is 400 g/mol. The van der Waals surface area contributed by atoms with Crippen LogP contribution in [-0.4, -0.2) is 67.8 Å².